The predicted octanol–water partition coefficient (Wildman–Crippen LogP) is 1.21. The minimum atomic E-state index is -0.313. The molecular weight excluding hydrogens is 388 g/mol. The molecule has 1 fully saturated rings. The first kappa shape index (κ1) is 20.8. The van der Waals surface area contributed by atoms with Crippen LogP contribution in [-0.2, 0) is 34.0 Å². The van der Waals surface area contributed by atoms with Crippen molar-refractivity contribution in [3.63, 3.8) is 0 Å². The van der Waals surface area contributed by atoms with E-state index in [0.29, 0.717) is 51.8 Å². The van der Waals surface area contributed by atoms with Gasteiger partial charge in [0.15, 0.2) is 0 Å². The van der Waals surface area contributed by atoms with Crippen molar-refractivity contribution in [1.82, 2.24) is 29.9 Å². The summed E-state index contributed by atoms with van der Waals surface area (Å²) in [7, 11) is 0. The number of likely N-dealkylation sites (tertiary alicyclic amines) is 1. The lowest BCUT2D eigenvalue weighted by Crippen LogP contribution is -2.52. The number of rotatable bonds is 7. The van der Waals surface area contributed by atoms with Gasteiger partial charge in [0.2, 0.25) is 0 Å². The molecule has 0 saturated carbocycles. The molecule has 2 aromatic heterocycles. The van der Waals surface area contributed by atoms with Gasteiger partial charge in [-0.05, 0) is 32.8 Å². The van der Waals surface area contributed by atoms with E-state index in [1.807, 2.05) is 23.4 Å². The number of carbonyl (C=O) groups excluding carboxylic acids is 1. The largest absolute Gasteiger partial charge is 0.376 e. The number of piperidine rings is 1. The maximum absolute atomic E-state index is 12.6. The van der Waals surface area contributed by atoms with E-state index in [9.17, 15) is 4.79 Å². The van der Waals surface area contributed by atoms with Crippen LogP contribution in [0.25, 0.3) is 0 Å². The zero-order chi connectivity index (χ0) is 21.0. The van der Waals surface area contributed by atoms with Gasteiger partial charge < -0.3 is 19.1 Å². The molecule has 4 rings (SSSR count). The van der Waals surface area contributed by atoms with Gasteiger partial charge in [-0.1, -0.05) is 5.21 Å². The standard InChI is InChI=1S/C20H28N6O4/c1-15(2)29-10-9-28-11-17-18-12-30-20(13-26(18)24-23-17)4-7-25(8-5-20)19(27)16-3-6-21-14-22-16/h3,6,14-15H,4-5,7-13H2,1-2H3. The maximum Gasteiger partial charge on any atom is 0.272 e. The molecule has 10 nitrogen and oxygen atoms in total. The molecule has 0 atom stereocenters. The van der Waals surface area contributed by atoms with Gasteiger partial charge in [0, 0.05) is 19.3 Å². The van der Waals surface area contributed by atoms with Crippen LogP contribution >= 0.6 is 0 Å². The number of carbonyl (C=O) groups is 1. The quantitative estimate of drug-likeness (QED) is 0.621. The molecule has 30 heavy (non-hydrogen) atoms. The number of fused-ring (bicyclic) bond motifs is 1. The molecule has 0 unspecified atom stereocenters. The van der Waals surface area contributed by atoms with Gasteiger partial charge in [-0.2, -0.15) is 0 Å². The van der Waals surface area contributed by atoms with Crippen molar-refractivity contribution >= 4 is 5.91 Å². The highest BCUT2D eigenvalue weighted by molar-refractivity contribution is 5.92. The first-order chi connectivity index (χ1) is 14.6. The number of hydrogen-bond donors (Lipinski definition) is 0. The fourth-order valence-corrected chi connectivity index (χ4v) is 3.82. The van der Waals surface area contributed by atoms with Crippen molar-refractivity contribution in [1.29, 1.82) is 0 Å². The minimum Gasteiger partial charge on any atom is -0.376 e. The highest BCUT2D eigenvalue weighted by Crippen LogP contribution is 2.33. The van der Waals surface area contributed by atoms with E-state index in [1.165, 1.54) is 6.33 Å². The van der Waals surface area contributed by atoms with E-state index in [1.54, 1.807) is 12.3 Å². The molecule has 0 N–H and O–H groups in total. The fraction of sp³-hybridized carbons (Fsp3) is 0.650. The smallest absolute Gasteiger partial charge is 0.272 e. The van der Waals surface area contributed by atoms with Crippen molar-refractivity contribution in [2.24, 2.45) is 0 Å². The second-order valence-electron chi connectivity index (χ2n) is 7.97. The molecule has 0 bridgehead atoms. The first-order valence-corrected chi connectivity index (χ1v) is 10.4. The summed E-state index contributed by atoms with van der Waals surface area (Å²) in [4.78, 5) is 22.4. The summed E-state index contributed by atoms with van der Waals surface area (Å²) in [6.45, 7) is 7.82. The molecule has 0 radical (unpaired) electrons. The molecule has 1 amide bonds. The summed E-state index contributed by atoms with van der Waals surface area (Å²) < 4.78 is 19.3. The Morgan fingerprint density at radius 3 is 2.87 bits per heavy atom. The molecule has 1 saturated heterocycles. The Morgan fingerprint density at radius 2 is 2.13 bits per heavy atom. The van der Waals surface area contributed by atoms with Gasteiger partial charge in [0.1, 0.15) is 17.7 Å². The molecular formula is C20H28N6O4. The third-order valence-electron chi connectivity index (χ3n) is 5.55. The van der Waals surface area contributed by atoms with E-state index >= 15 is 0 Å². The molecule has 10 heteroatoms. The van der Waals surface area contributed by atoms with Crippen LogP contribution < -0.4 is 0 Å². The Morgan fingerprint density at radius 1 is 1.30 bits per heavy atom. The molecule has 162 valence electrons. The summed E-state index contributed by atoms with van der Waals surface area (Å²) in [5.41, 5.74) is 1.88. The summed E-state index contributed by atoms with van der Waals surface area (Å²) in [6.07, 6.45) is 4.68. The van der Waals surface area contributed by atoms with Crippen molar-refractivity contribution in [3.05, 3.63) is 35.7 Å². The summed E-state index contributed by atoms with van der Waals surface area (Å²) in [6, 6.07) is 1.64. The van der Waals surface area contributed by atoms with Crippen molar-refractivity contribution in [2.45, 2.75) is 58.2 Å². The van der Waals surface area contributed by atoms with E-state index in [2.05, 4.69) is 20.3 Å². The average molecular weight is 416 g/mol. The monoisotopic (exact) mass is 416 g/mol. The molecule has 1 spiro atoms. The lowest BCUT2D eigenvalue weighted by atomic mass is 9.89. The second kappa shape index (κ2) is 9.15. The van der Waals surface area contributed by atoms with Gasteiger partial charge in [-0.3, -0.25) is 4.79 Å². The Balaban J connectivity index is 1.30. The summed E-state index contributed by atoms with van der Waals surface area (Å²) in [5, 5.41) is 8.59. The van der Waals surface area contributed by atoms with E-state index in [4.69, 9.17) is 14.2 Å². The van der Waals surface area contributed by atoms with Gasteiger partial charge in [0.05, 0.1) is 50.4 Å². The number of amides is 1. The summed E-state index contributed by atoms with van der Waals surface area (Å²) in [5.74, 6) is -0.0645. The van der Waals surface area contributed by atoms with Crippen LogP contribution in [0.15, 0.2) is 18.6 Å². The normalized spacial score (nSPS) is 18.0. The van der Waals surface area contributed by atoms with Crippen LogP contribution in [0, 0.1) is 0 Å². The zero-order valence-electron chi connectivity index (χ0n) is 17.5. The Bertz CT molecular complexity index is 848. The fourth-order valence-electron chi connectivity index (χ4n) is 3.82. The van der Waals surface area contributed by atoms with E-state index < -0.39 is 0 Å². The van der Waals surface area contributed by atoms with Crippen LogP contribution in [0.5, 0.6) is 0 Å². The van der Waals surface area contributed by atoms with Crippen LogP contribution in [0.2, 0.25) is 0 Å². The maximum atomic E-state index is 12.6. The highest BCUT2D eigenvalue weighted by Gasteiger charge is 2.41. The van der Waals surface area contributed by atoms with Crippen molar-refractivity contribution in [2.75, 3.05) is 26.3 Å². The van der Waals surface area contributed by atoms with Gasteiger partial charge in [0.25, 0.3) is 5.91 Å². The van der Waals surface area contributed by atoms with Crippen LogP contribution in [-0.4, -0.2) is 73.8 Å². The predicted molar refractivity (Wildman–Crippen MR) is 105 cm³/mol. The first-order valence-electron chi connectivity index (χ1n) is 10.4. The van der Waals surface area contributed by atoms with Crippen molar-refractivity contribution < 1.29 is 19.0 Å². The topological polar surface area (TPSA) is 104 Å². The lowest BCUT2D eigenvalue weighted by molar-refractivity contribution is -0.120. The van der Waals surface area contributed by atoms with Crippen LogP contribution in [0.3, 0.4) is 0 Å². The Kier molecular flexibility index (Phi) is 6.35. The summed E-state index contributed by atoms with van der Waals surface area (Å²) >= 11 is 0. The van der Waals surface area contributed by atoms with Gasteiger partial charge in [-0.25, -0.2) is 14.6 Å². The van der Waals surface area contributed by atoms with E-state index in [-0.39, 0.29) is 17.6 Å². The lowest BCUT2D eigenvalue weighted by Gasteiger charge is -2.43. The third kappa shape index (κ3) is 4.66. The van der Waals surface area contributed by atoms with Crippen LogP contribution in [0.1, 0.15) is 48.6 Å². The molecule has 0 aliphatic carbocycles. The van der Waals surface area contributed by atoms with Gasteiger partial charge >= 0.3 is 0 Å². The molecule has 0 aromatic carbocycles. The third-order valence-corrected chi connectivity index (χ3v) is 5.55. The highest BCUT2D eigenvalue weighted by atomic mass is 16.5. The van der Waals surface area contributed by atoms with Gasteiger partial charge in [-0.15, -0.1) is 5.10 Å². The zero-order valence-corrected chi connectivity index (χ0v) is 17.5. The number of ether oxygens (including phenoxy) is 3. The molecule has 2 aliphatic heterocycles. The molecule has 2 aliphatic rings. The Hall–Kier alpha value is -2.43. The number of aromatic nitrogens is 5. The number of nitrogens with zero attached hydrogens (tertiary/aromatic N) is 6. The molecule has 4 heterocycles. The SMILES string of the molecule is CC(C)OCCOCc1nnn2c1COC1(CCN(C(=O)c3ccncn3)CC1)C2. The van der Waals surface area contributed by atoms with Crippen LogP contribution in [0.4, 0.5) is 0 Å². The number of hydrogen-bond acceptors (Lipinski definition) is 8. The minimum absolute atomic E-state index is 0.0645. The Labute approximate surface area is 175 Å². The van der Waals surface area contributed by atoms with Crippen molar-refractivity contribution in [3.8, 4) is 0 Å². The molecule has 2 aromatic rings. The second-order valence-corrected chi connectivity index (χ2v) is 7.97. The van der Waals surface area contributed by atoms with E-state index in [0.717, 1.165) is 24.2 Å². The average Bonchev–Trinajstić information content (AvgIpc) is 3.15.